The largest absolute Gasteiger partial charge is 0.434 e. The van der Waals surface area contributed by atoms with Crippen LogP contribution in [0.5, 0.6) is 0 Å². The molecule has 6 heteroatoms. The molecule has 3 rings (SSSR count). The number of hydrogen-bond acceptors (Lipinski definition) is 4. The lowest BCUT2D eigenvalue weighted by Crippen LogP contribution is -1.93. The number of aromatic nitrogens is 4. The molecule has 2 N–H and O–H groups in total. The minimum Gasteiger partial charge on any atom is -0.388 e. The Morgan fingerprint density at radius 3 is 3.13 bits per heavy atom. The van der Waals surface area contributed by atoms with Crippen molar-refractivity contribution in [3.05, 3.63) is 35.1 Å². The van der Waals surface area contributed by atoms with Crippen molar-refractivity contribution in [2.24, 2.45) is 0 Å². The van der Waals surface area contributed by atoms with Crippen molar-refractivity contribution in [1.82, 2.24) is 20.2 Å². The van der Waals surface area contributed by atoms with Crippen molar-refractivity contribution < 1.29 is 4.42 Å². The van der Waals surface area contributed by atoms with E-state index in [0.717, 1.165) is 16.6 Å². The quantitative estimate of drug-likeness (QED) is 0.613. The fraction of sp³-hybridized carbons (Fsp3) is 0. The summed E-state index contributed by atoms with van der Waals surface area (Å²) in [7, 11) is 0. The van der Waals surface area contributed by atoms with Crippen molar-refractivity contribution in [2.45, 2.75) is 0 Å². The predicted octanol–water partition coefficient (Wildman–Crippen LogP) is 0.906. The highest BCUT2D eigenvalue weighted by Crippen LogP contribution is 2.24. The van der Waals surface area contributed by atoms with E-state index in [1.165, 1.54) is 0 Å². The van der Waals surface area contributed by atoms with E-state index in [9.17, 15) is 4.79 Å². The Balaban J connectivity index is 2.32. The molecule has 15 heavy (non-hydrogen) atoms. The van der Waals surface area contributed by atoms with Gasteiger partial charge in [-0.25, -0.2) is 14.9 Å². The van der Waals surface area contributed by atoms with E-state index in [0.29, 0.717) is 0 Å². The molecule has 6 nitrogen and oxygen atoms in total. The molecule has 0 radical (unpaired) electrons. The molecule has 0 atom stereocenters. The number of fused-ring (bicyclic) bond motifs is 1. The number of pyridine rings is 1. The van der Waals surface area contributed by atoms with Gasteiger partial charge in [0.2, 0.25) is 0 Å². The molecule has 0 bridgehead atoms. The third-order valence-corrected chi connectivity index (χ3v) is 2.12. The van der Waals surface area contributed by atoms with E-state index in [-0.39, 0.29) is 5.89 Å². The molecule has 3 aromatic heterocycles. The fourth-order valence-electron chi connectivity index (χ4n) is 1.48. The molecule has 0 aliphatic carbocycles. The molecule has 0 amide bonds. The molecule has 3 heterocycles. The van der Waals surface area contributed by atoms with Crippen LogP contribution in [0.2, 0.25) is 0 Å². The van der Waals surface area contributed by atoms with Crippen LogP contribution in [0.25, 0.3) is 22.5 Å². The maximum Gasteiger partial charge on any atom is 0.434 e. The average Bonchev–Trinajstić information content (AvgIpc) is 2.83. The van der Waals surface area contributed by atoms with Gasteiger partial charge in [-0.2, -0.15) is 0 Å². The Bertz CT molecular complexity index is 664. The molecular formula is C9H6N4O2. The Labute approximate surface area is 83.0 Å². The predicted molar refractivity (Wildman–Crippen MR) is 52.2 cm³/mol. The first-order valence-electron chi connectivity index (χ1n) is 4.32. The van der Waals surface area contributed by atoms with Crippen molar-refractivity contribution in [3.63, 3.8) is 0 Å². The number of H-pyrrole nitrogens is 2. The smallest absolute Gasteiger partial charge is 0.388 e. The van der Waals surface area contributed by atoms with Crippen LogP contribution in [0.15, 0.2) is 33.7 Å². The summed E-state index contributed by atoms with van der Waals surface area (Å²) in [5.41, 5.74) is 1.45. The third-order valence-electron chi connectivity index (χ3n) is 2.12. The first kappa shape index (κ1) is 7.98. The molecule has 0 aliphatic heterocycles. The van der Waals surface area contributed by atoms with Crippen LogP contribution < -0.4 is 5.76 Å². The van der Waals surface area contributed by atoms with Crippen LogP contribution in [0.1, 0.15) is 0 Å². The molecule has 0 spiro atoms. The van der Waals surface area contributed by atoms with Gasteiger partial charge in [0.1, 0.15) is 5.65 Å². The highest BCUT2D eigenvalue weighted by atomic mass is 16.4. The number of nitrogens with one attached hydrogen (secondary N) is 2. The summed E-state index contributed by atoms with van der Waals surface area (Å²) >= 11 is 0. The minimum atomic E-state index is -0.566. The topological polar surface area (TPSA) is 87.6 Å². The second kappa shape index (κ2) is 2.81. The molecule has 74 valence electrons. The Hall–Kier alpha value is -2.37. The lowest BCUT2D eigenvalue weighted by atomic mass is 10.2. The van der Waals surface area contributed by atoms with Gasteiger partial charge < -0.3 is 9.40 Å². The van der Waals surface area contributed by atoms with Gasteiger partial charge in [-0.05, 0) is 12.1 Å². The lowest BCUT2D eigenvalue weighted by molar-refractivity contribution is 0.527. The van der Waals surface area contributed by atoms with Crippen LogP contribution >= 0.6 is 0 Å². The van der Waals surface area contributed by atoms with Crippen LogP contribution in [0.3, 0.4) is 0 Å². The summed E-state index contributed by atoms with van der Waals surface area (Å²) in [5, 5.41) is 6.84. The van der Waals surface area contributed by atoms with E-state index in [4.69, 9.17) is 4.42 Å². The summed E-state index contributed by atoms with van der Waals surface area (Å²) in [6.07, 6.45) is 3.39. The minimum absolute atomic E-state index is 0.263. The molecular weight excluding hydrogens is 196 g/mol. The number of aromatic amines is 2. The van der Waals surface area contributed by atoms with Gasteiger partial charge in [-0.1, -0.05) is 0 Å². The first-order valence-corrected chi connectivity index (χ1v) is 4.32. The van der Waals surface area contributed by atoms with E-state index in [1.807, 2.05) is 12.1 Å². The number of nitrogens with zero attached hydrogens (tertiary/aromatic N) is 2. The fourth-order valence-corrected chi connectivity index (χ4v) is 1.48. The van der Waals surface area contributed by atoms with Gasteiger partial charge in [0.25, 0.3) is 5.89 Å². The van der Waals surface area contributed by atoms with Crippen molar-refractivity contribution in [1.29, 1.82) is 0 Å². The van der Waals surface area contributed by atoms with Crippen molar-refractivity contribution in [3.8, 4) is 11.5 Å². The summed E-state index contributed by atoms with van der Waals surface area (Å²) in [4.78, 5) is 17.9. The molecule has 0 saturated carbocycles. The molecule has 3 aromatic rings. The second-order valence-corrected chi connectivity index (χ2v) is 3.02. The molecule has 0 aromatic carbocycles. The van der Waals surface area contributed by atoms with Gasteiger partial charge >= 0.3 is 5.76 Å². The SMILES string of the molecule is O=c1[nH]nc(-c2c[nH]c3ncccc23)o1. The Kier molecular flexibility index (Phi) is 1.49. The zero-order valence-electron chi connectivity index (χ0n) is 7.52. The van der Waals surface area contributed by atoms with Gasteiger partial charge in [0, 0.05) is 17.8 Å². The monoisotopic (exact) mass is 202 g/mol. The summed E-state index contributed by atoms with van der Waals surface area (Å²) in [6, 6.07) is 3.69. The van der Waals surface area contributed by atoms with Gasteiger partial charge in [0.05, 0.1) is 5.56 Å². The number of rotatable bonds is 1. The summed E-state index contributed by atoms with van der Waals surface area (Å²) in [6.45, 7) is 0. The first-order chi connectivity index (χ1) is 7.34. The van der Waals surface area contributed by atoms with Gasteiger partial charge in [-0.3, -0.25) is 0 Å². The molecule has 0 fully saturated rings. The molecule has 0 unspecified atom stereocenters. The highest BCUT2D eigenvalue weighted by Gasteiger charge is 2.11. The normalized spacial score (nSPS) is 10.9. The van der Waals surface area contributed by atoms with Crippen LogP contribution in [-0.2, 0) is 0 Å². The van der Waals surface area contributed by atoms with Crippen molar-refractivity contribution >= 4 is 11.0 Å². The van der Waals surface area contributed by atoms with Crippen LogP contribution in [0.4, 0.5) is 0 Å². The van der Waals surface area contributed by atoms with Crippen LogP contribution in [-0.4, -0.2) is 20.2 Å². The Morgan fingerprint density at radius 1 is 1.40 bits per heavy atom. The Morgan fingerprint density at radius 2 is 2.33 bits per heavy atom. The van der Waals surface area contributed by atoms with Gasteiger partial charge in [0.15, 0.2) is 0 Å². The maximum atomic E-state index is 10.8. The zero-order chi connectivity index (χ0) is 10.3. The van der Waals surface area contributed by atoms with Crippen molar-refractivity contribution in [2.75, 3.05) is 0 Å². The lowest BCUT2D eigenvalue weighted by Gasteiger charge is -1.89. The van der Waals surface area contributed by atoms with E-state index < -0.39 is 5.76 Å². The van der Waals surface area contributed by atoms with E-state index in [1.54, 1.807) is 12.4 Å². The average molecular weight is 202 g/mol. The van der Waals surface area contributed by atoms with Crippen LogP contribution in [0, 0.1) is 0 Å². The third kappa shape index (κ3) is 1.15. The van der Waals surface area contributed by atoms with E-state index >= 15 is 0 Å². The van der Waals surface area contributed by atoms with E-state index in [2.05, 4.69) is 20.2 Å². The maximum absolute atomic E-state index is 10.8. The zero-order valence-corrected chi connectivity index (χ0v) is 7.52. The van der Waals surface area contributed by atoms with Gasteiger partial charge in [-0.15, -0.1) is 5.10 Å². The second-order valence-electron chi connectivity index (χ2n) is 3.02. The summed E-state index contributed by atoms with van der Waals surface area (Å²) < 4.78 is 4.87. The molecule has 0 saturated heterocycles. The standard InChI is InChI=1S/C9H6N4O2/c14-9-13-12-8(15-9)6-4-11-7-5(6)2-1-3-10-7/h1-4H,(H,10,11)(H,13,14). The molecule has 0 aliphatic rings. The highest BCUT2D eigenvalue weighted by molar-refractivity contribution is 5.90. The number of hydrogen-bond donors (Lipinski definition) is 2. The summed E-state index contributed by atoms with van der Waals surface area (Å²) in [5.74, 6) is -0.303.